The smallest absolute Gasteiger partial charge is 0.123 e. The maximum atomic E-state index is 13.3. The van der Waals surface area contributed by atoms with E-state index in [1.807, 2.05) is 25.1 Å². The molecular weight excluding hydrogens is 253 g/mol. The first-order valence-electron chi connectivity index (χ1n) is 6.80. The highest BCUT2D eigenvalue weighted by Crippen LogP contribution is 2.14. The molecule has 106 valence electrons. The topological polar surface area (TPSA) is 50.9 Å². The van der Waals surface area contributed by atoms with E-state index in [4.69, 9.17) is 5.84 Å². The third-order valence-corrected chi connectivity index (χ3v) is 3.49. The number of benzene rings is 1. The molecule has 20 heavy (non-hydrogen) atoms. The number of hydrogen-bond donors (Lipinski definition) is 2. The van der Waals surface area contributed by atoms with Crippen LogP contribution in [0.25, 0.3) is 0 Å². The van der Waals surface area contributed by atoms with Gasteiger partial charge in [-0.25, -0.2) is 4.39 Å². The highest BCUT2D eigenvalue weighted by molar-refractivity contribution is 5.27. The van der Waals surface area contributed by atoms with E-state index in [-0.39, 0.29) is 11.9 Å². The van der Waals surface area contributed by atoms with Gasteiger partial charge in [-0.2, -0.15) is 0 Å². The minimum atomic E-state index is -0.203. The molecule has 0 amide bonds. The SMILES string of the molecule is Cc1ccc(F)cc1CC(CCc1ccccn1)NN. The van der Waals surface area contributed by atoms with Gasteiger partial charge in [0.1, 0.15) is 5.82 Å². The maximum absolute atomic E-state index is 13.3. The van der Waals surface area contributed by atoms with Crippen molar-refractivity contribution in [1.29, 1.82) is 0 Å². The lowest BCUT2D eigenvalue weighted by Gasteiger charge is -2.17. The van der Waals surface area contributed by atoms with Gasteiger partial charge in [0, 0.05) is 17.9 Å². The summed E-state index contributed by atoms with van der Waals surface area (Å²) in [5, 5.41) is 0. The molecule has 0 fully saturated rings. The first-order chi connectivity index (χ1) is 9.69. The van der Waals surface area contributed by atoms with Crippen LogP contribution in [-0.4, -0.2) is 11.0 Å². The second-order valence-electron chi connectivity index (χ2n) is 5.00. The van der Waals surface area contributed by atoms with Crippen LogP contribution in [0.5, 0.6) is 0 Å². The largest absolute Gasteiger partial charge is 0.271 e. The van der Waals surface area contributed by atoms with Crippen molar-refractivity contribution in [3.8, 4) is 0 Å². The molecule has 2 aromatic rings. The molecule has 0 bridgehead atoms. The second-order valence-corrected chi connectivity index (χ2v) is 5.00. The van der Waals surface area contributed by atoms with Gasteiger partial charge in [0.15, 0.2) is 0 Å². The summed E-state index contributed by atoms with van der Waals surface area (Å²) in [5.74, 6) is 5.41. The van der Waals surface area contributed by atoms with E-state index in [2.05, 4.69) is 10.4 Å². The minimum absolute atomic E-state index is 0.109. The van der Waals surface area contributed by atoms with E-state index in [0.717, 1.165) is 29.7 Å². The van der Waals surface area contributed by atoms with Gasteiger partial charge in [0.25, 0.3) is 0 Å². The van der Waals surface area contributed by atoms with E-state index < -0.39 is 0 Å². The predicted molar refractivity (Wildman–Crippen MR) is 78.5 cm³/mol. The van der Waals surface area contributed by atoms with Crippen molar-refractivity contribution in [2.45, 2.75) is 32.2 Å². The number of halogens is 1. The van der Waals surface area contributed by atoms with Crippen LogP contribution < -0.4 is 11.3 Å². The van der Waals surface area contributed by atoms with Crippen LogP contribution in [0, 0.1) is 12.7 Å². The molecule has 0 saturated carbocycles. The third kappa shape index (κ3) is 4.11. The van der Waals surface area contributed by atoms with Crippen LogP contribution in [0.3, 0.4) is 0 Å². The summed E-state index contributed by atoms with van der Waals surface area (Å²) in [6.45, 7) is 1.99. The first-order valence-corrected chi connectivity index (χ1v) is 6.80. The number of aryl methyl sites for hydroxylation is 2. The van der Waals surface area contributed by atoms with Gasteiger partial charge in [0.05, 0.1) is 0 Å². The number of rotatable bonds is 6. The third-order valence-electron chi connectivity index (χ3n) is 3.49. The van der Waals surface area contributed by atoms with Crippen molar-refractivity contribution in [1.82, 2.24) is 10.4 Å². The summed E-state index contributed by atoms with van der Waals surface area (Å²) in [6, 6.07) is 10.9. The Morgan fingerprint density at radius 1 is 1.30 bits per heavy atom. The van der Waals surface area contributed by atoms with Crippen molar-refractivity contribution in [2.75, 3.05) is 0 Å². The molecule has 0 aliphatic heterocycles. The fourth-order valence-electron chi connectivity index (χ4n) is 2.24. The monoisotopic (exact) mass is 273 g/mol. The summed E-state index contributed by atoms with van der Waals surface area (Å²) < 4.78 is 13.3. The lowest BCUT2D eigenvalue weighted by Crippen LogP contribution is -2.37. The fourth-order valence-corrected chi connectivity index (χ4v) is 2.24. The van der Waals surface area contributed by atoms with Crippen LogP contribution in [0.15, 0.2) is 42.6 Å². The van der Waals surface area contributed by atoms with Crippen molar-refractivity contribution in [3.63, 3.8) is 0 Å². The molecule has 1 heterocycles. The Bertz CT molecular complexity index is 543. The summed E-state index contributed by atoms with van der Waals surface area (Å²) in [7, 11) is 0. The molecule has 1 atom stereocenters. The van der Waals surface area contributed by atoms with Crippen molar-refractivity contribution >= 4 is 0 Å². The van der Waals surface area contributed by atoms with Gasteiger partial charge in [-0.05, 0) is 61.6 Å². The number of pyridine rings is 1. The number of nitrogens with one attached hydrogen (secondary N) is 1. The molecular formula is C16H20FN3. The number of hydrogen-bond acceptors (Lipinski definition) is 3. The van der Waals surface area contributed by atoms with Gasteiger partial charge in [-0.1, -0.05) is 12.1 Å². The molecule has 4 heteroatoms. The van der Waals surface area contributed by atoms with Crippen molar-refractivity contribution in [3.05, 3.63) is 65.2 Å². The van der Waals surface area contributed by atoms with Crippen molar-refractivity contribution < 1.29 is 4.39 Å². The molecule has 3 nitrogen and oxygen atoms in total. The molecule has 3 N–H and O–H groups in total. The summed E-state index contributed by atoms with van der Waals surface area (Å²) in [6.07, 6.45) is 4.22. The maximum Gasteiger partial charge on any atom is 0.123 e. The van der Waals surface area contributed by atoms with Crippen molar-refractivity contribution in [2.24, 2.45) is 5.84 Å². The van der Waals surface area contributed by atoms with Crippen LogP contribution in [0.1, 0.15) is 23.2 Å². The Hall–Kier alpha value is -1.78. The van der Waals surface area contributed by atoms with Gasteiger partial charge in [-0.3, -0.25) is 16.3 Å². The van der Waals surface area contributed by atoms with Crippen LogP contribution >= 0.6 is 0 Å². The van der Waals surface area contributed by atoms with E-state index >= 15 is 0 Å². The van der Waals surface area contributed by atoms with Gasteiger partial charge >= 0.3 is 0 Å². The van der Waals surface area contributed by atoms with E-state index in [1.54, 1.807) is 18.3 Å². The highest BCUT2D eigenvalue weighted by Gasteiger charge is 2.11. The van der Waals surface area contributed by atoms with Crippen LogP contribution in [-0.2, 0) is 12.8 Å². The average Bonchev–Trinajstić information content (AvgIpc) is 2.48. The Morgan fingerprint density at radius 2 is 2.15 bits per heavy atom. The van der Waals surface area contributed by atoms with E-state index in [9.17, 15) is 4.39 Å². The zero-order valence-corrected chi connectivity index (χ0v) is 11.6. The molecule has 0 spiro atoms. The fraction of sp³-hybridized carbons (Fsp3) is 0.312. The predicted octanol–water partition coefficient (Wildman–Crippen LogP) is 2.54. The van der Waals surface area contributed by atoms with Crippen LogP contribution in [0.2, 0.25) is 0 Å². The number of nitrogens with zero attached hydrogens (tertiary/aromatic N) is 1. The van der Waals surface area contributed by atoms with Gasteiger partial charge in [0.2, 0.25) is 0 Å². The standard InChI is InChI=1S/C16H20FN3/c1-12-5-6-14(17)10-13(12)11-16(20-18)8-7-15-4-2-3-9-19-15/h2-6,9-10,16,20H,7-8,11,18H2,1H3. The quantitative estimate of drug-likeness (QED) is 0.628. The minimum Gasteiger partial charge on any atom is -0.271 e. The van der Waals surface area contributed by atoms with Gasteiger partial charge in [-0.15, -0.1) is 0 Å². The molecule has 0 aliphatic rings. The van der Waals surface area contributed by atoms with Gasteiger partial charge < -0.3 is 0 Å². The summed E-state index contributed by atoms with van der Waals surface area (Å²) in [5.41, 5.74) is 5.94. The first kappa shape index (κ1) is 14.6. The number of nitrogens with two attached hydrogens (primary N) is 1. The Morgan fingerprint density at radius 3 is 2.85 bits per heavy atom. The average molecular weight is 273 g/mol. The molecule has 1 aromatic carbocycles. The Kier molecular flexibility index (Phi) is 5.21. The molecule has 1 aromatic heterocycles. The van der Waals surface area contributed by atoms with E-state index in [1.165, 1.54) is 6.07 Å². The normalized spacial score (nSPS) is 12.3. The molecule has 1 unspecified atom stereocenters. The molecule has 2 rings (SSSR count). The number of hydrazine groups is 1. The van der Waals surface area contributed by atoms with E-state index in [0.29, 0.717) is 6.42 Å². The second kappa shape index (κ2) is 7.12. The Balaban J connectivity index is 1.97. The lowest BCUT2D eigenvalue weighted by molar-refractivity contribution is 0.487. The molecule has 0 aliphatic carbocycles. The molecule has 0 radical (unpaired) electrons. The Labute approximate surface area is 119 Å². The zero-order chi connectivity index (χ0) is 14.4. The summed E-state index contributed by atoms with van der Waals surface area (Å²) >= 11 is 0. The summed E-state index contributed by atoms with van der Waals surface area (Å²) in [4.78, 5) is 4.30. The number of aromatic nitrogens is 1. The lowest BCUT2D eigenvalue weighted by atomic mass is 9.98. The highest BCUT2D eigenvalue weighted by atomic mass is 19.1. The van der Waals surface area contributed by atoms with Crippen LogP contribution in [0.4, 0.5) is 4.39 Å². The zero-order valence-electron chi connectivity index (χ0n) is 11.6. The molecule has 0 saturated heterocycles.